The average Bonchev–Trinajstić information content (AvgIpc) is 2.37. The molecule has 0 amide bonds. The Labute approximate surface area is 129 Å². The molecule has 0 unspecified atom stereocenters. The Balaban J connectivity index is 2.38. The maximum absolute atomic E-state index is 13.1. The summed E-state index contributed by atoms with van der Waals surface area (Å²) in [4.78, 5) is 10.2. The van der Waals surface area contributed by atoms with Crippen LogP contribution in [-0.2, 0) is 0 Å². The van der Waals surface area contributed by atoms with E-state index in [-0.39, 0.29) is 11.4 Å². The molecule has 0 aromatic heterocycles. The summed E-state index contributed by atoms with van der Waals surface area (Å²) in [6, 6.07) is 6.54. The van der Waals surface area contributed by atoms with E-state index in [0.717, 1.165) is 0 Å². The Morgan fingerprint density at radius 2 is 1.80 bits per heavy atom. The molecule has 0 aliphatic heterocycles. The highest BCUT2D eigenvalue weighted by Gasteiger charge is 2.16. The number of benzene rings is 2. The molecule has 0 aliphatic rings. The van der Waals surface area contributed by atoms with Gasteiger partial charge in [-0.25, -0.2) is 4.39 Å². The van der Waals surface area contributed by atoms with Gasteiger partial charge >= 0.3 is 0 Å². The van der Waals surface area contributed by atoms with Crippen molar-refractivity contribution in [2.75, 3.05) is 5.73 Å². The van der Waals surface area contributed by atoms with Crippen molar-refractivity contribution in [2.45, 2.75) is 0 Å². The van der Waals surface area contributed by atoms with Crippen LogP contribution < -0.4 is 10.5 Å². The highest BCUT2D eigenvalue weighted by Crippen LogP contribution is 2.40. The first kappa shape index (κ1) is 14.7. The number of halogens is 3. The first-order chi connectivity index (χ1) is 9.38. The number of nitrogen functional groups attached to an aromatic ring is 1. The lowest BCUT2D eigenvalue weighted by atomic mass is 10.3. The van der Waals surface area contributed by atoms with Crippen LogP contribution in [-0.4, -0.2) is 4.92 Å². The fraction of sp³-hybridized carbons (Fsp3) is 0. The molecule has 0 bridgehead atoms. The standard InChI is InChI=1S/C12H7Br2FN2O3/c13-8-3-6(17(18)19)4-9(14)12(8)20-7-1-2-10(15)11(16)5-7/h1-5H,16H2. The van der Waals surface area contributed by atoms with Crippen LogP contribution in [0.3, 0.4) is 0 Å². The Morgan fingerprint density at radius 3 is 2.30 bits per heavy atom. The number of nitro groups is 1. The van der Waals surface area contributed by atoms with E-state index in [1.54, 1.807) is 0 Å². The summed E-state index contributed by atoms with van der Waals surface area (Å²) in [7, 11) is 0. The Morgan fingerprint density at radius 1 is 1.20 bits per heavy atom. The van der Waals surface area contributed by atoms with E-state index in [2.05, 4.69) is 31.9 Å². The molecule has 0 saturated heterocycles. The van der Waals surface area contributed by atoms with Gasteiger partial charge in [0.25, 0.3) is 5.69 Å². The Bertz CT molecular complexity index is 671. The van der Waals surface area contributed by atoms with Crippen molar-refractivity contribution in [3.05, 3.63) is 55.2 Å². The molecule has 0 saturated carbocycles. The van der Waals surface area contributed by atoms with Gasteiger partial charge in [-0.3, -0.25) is 10.1 Å². The van der Waals surface area contributed by atoms with Gasteiger partial charge in [-0.05, 0) is 44.0 Å². The van der Waals surface area contributed by atoms with Gasteiger partial charge in [0, 0.05) is 18.2 Å². The number of non-ortho nitro benzene ring substituents is 1. The number of nitro benzene ring substituents is 1. The second kappa shape index (κ2) is 5.76. The third-order valence-corrected chi connectivity index (χ3v) is 3.56. The topological polar surface area (TPSA) is 78.4 Å². The van der Waals surface area contributed by atoms with Gasteiger partial charge in [0.1, 0.15) is 11.6 Å². The average molecular weight is 406 g/mol. The molecule has 0 spiro atoms. The zero-order valence-corrected chi connectivity index (χ0v) is 12.9. The zero-order valence-electron chi connectivity index (χ0n) is 9.77. The molecule has 0 heterocycles. The second-order valence-corrected chi connectivity index (χ2v) is 5.49. The third kappa shape index (κ3) is 3.07. The lowest BCUT2D eigenvalue weighted by molar-refractivity contribution is -0.385. The molecule has 2 rings (SSSR count). The Kier molecular flexibility index (Phi) is 4.24. The summed E-state index contributed by atoms with van der Waals surface area (Å²) >= 11 is 6.38. The smallest absolute Gasteiger partial charge is 0.271 e. The molecular weight excluding hydrogens is 399 g/mol. The zero-order chi connectivity index (χ0) is 14.9. The van der Waals surface area contributed by atoms with E-state index in [1.165, 1.54) is 30.3 Å². The van der Waals surface area contributed by atoms with Crippen LogP contribution in [0.4, 0.5) is 15.8 Å². The molecule has 8 heteroatoms. The van der Waals surface area contributed by atoms with Gasteiger partial charge in [0.15, 0.2) is 5.75 Å². The molecule has 0 fully saturated rings. The molecule has 2 aromatic rings. The van der Waals surface area contributed by atoms with E-state index >= 15 is 0 Å². The van der Waals surface area contributed by atoms with Crippen molar-refractivity contribution in [2.24, 2.45) is 0 Å². The fourth-order valence-electron chi connectivity index (χ4n) is 1.45. The van der Waals surface area contributed by atoms with Crippen LogP contribution in [0.2, 0.25) is 0 Å². The van der Waals surface area contributed by atoms with Crippen LogP contribution in [0, 0.1) is 15.9 Å². The maximum atomic E-state index is 13.1. The molecule has 2 N–H and O–H groups in total. The quantitative estimate of drug-likeness (QED) is 0.458. The first-order valence-corrected chi connectivity index (χ1v) is 6.83. The van der Waals surface area contributed by atoms with E-state index in [4.69, 9.17) is 10.5 Å². The van der Waals surface area contributed by atoms with Gasteiger partial charge in [-0.2, -0.15) is 0 Å². The van der Waals surface area contributed by atoms with E-state index in [0.29, 0.717) is 20.4 Å². The molecular formula is C12H7Br2FN2O3. The van der Waals surface area contributed by atoms with Crippen LogP contribution >= 0.6 is 31.9 Å². The van der Waals surface area contributed by atoms with Gasteiger partial charge < -0.3 is 10.5 Å². The number of rotatable bonds is 3. The molecule has 0 aliphatic carbocycles. The van der Waals surface area contributed by atoms with Crippen molar-refractivity contribution in [1.29, 1.82) is 0 Å². The largest absolute Gasteiger partial charge is 0.455 e. The van der Waals surface area contributed by atoms with Crippen LogP contribution in [0.1, 0.15) is 0 Å². The minimum Gasteiger partial charge on any atom is -0.455 e. The van der Waals surface area contributed by atoms with E-state index in [1.807, 2.05) is 0 Å². The van der Waals surface area contributed by atoms with Gasteiger partial charge in [0.2, 0.25) is 0 Å². The lowest BCUT2D eigenvalue weighted by Gasteiger charge is -2.10. The van der Waals surface area contributed by atoms with E-state index in [9.17, 15) is 14.5 Å². The van der Waals surface area contributed by atoms with Crippen molar-refractivity contribution in [3.63, 3.8) is 0 Å². The highest BCUT2D eigenvalue weighted by molar-refractivity contribution is 9.11. The number of hydrogen-bond donors (Lipinski definition) is 1. The van der Waals surface area contributed by atoms with Gasteiger partial charge in [-0.1, -0.05) is 0 Å². The summed E-state index contributed by atoms with van der Waals surface area (Å²) < 4.78 is 19.4. The molecule has 5 nitrogen and oxygen atoms in total. The second-order valence-electron chi connectivity index (χ2n) is 3.78. The summed E-state index contributed by atoms with van der Waals surface area (Å²) in [5.41, 5.74) is 5.31. The summed E-state index contributed by atoms with van der Waals surface area (Å²) in [6.07, 6.45) is 0. The highest BCUT2D eigenvalue weighted by atomic mass is 79.9. The fourth-order valence-corrected chi connectivity index (χ4v) is 2.78. The summed E-state index contributed by atoms with van der Waals surface area (Å²) in [6.45, 7) is 0. The summed E-state index contributed by atoms with van der Waals surface area (Å²) in [5.74, 6) is 0.111. The molecule has 2 aromatic carbocycles. The monoisotopic (exact) mass is 404 g/mol. The van der Waals surface area contributed by atoms with Crippen LogP contribution in [0.15, 0.2) is 39.3 Å². The number of hydrogen-bond acceptors (Lipinski definition) is 4. The number of nitrogens with two attached hydrogens (primary N) is 1. The van der Waals surface area contributed by atoms with Crippen LogP contribution in [0.25, 0.3) is 0 Å². The van der Waals surface area contributed by atoms with Crippen molar-refractivity contribution in [3.8, 4) is 11.5 Å². The number of ether oxygens (including phenoxy) is 1. The molecule has 104 valence electrons. The molecule has 0 radical (unpaired) electrons. The predicted molar refractivity (Wildman–Crippen MR) is 79.4 cm³/mol. The van der Waals surface area contributed by atoms with E-state index < -0.39 is 10.7 Å². The molecule has 20 heavy (non-hydrogen) atoms. The SMILES string of the molecule is Nc1cc(Oc2c(Br)cc([N+](=O)[O-])cc2Br)ccc1F. The summed E-state index contributed by atoms with van der Waals surface area (Å²) in [5, 5.41) is 10.7. The van der Waals surface area contributed by atoms with Gasteiger partial charge in [0.05, 0.1) is 19.6 Å². The van der Waals surface area contributed by atoms with Crippen LogP contribution in [0.5, 0.6) is 11.5 Å². The minimum absolute atomic E-state index is 0.0448. The molecule has 0 atom stereocenters. The lowest BCUT2D eigenvalue weighted by Crippen LogP contribution is -1.94. The van der Waals surface area contributed by atoms with Crippen molar-refractivity contribution < 1.29 is 14.1 Å². The number of anilines is 1. The first-order valence-electron chi connectivity index (χ1n) is 5.25. The minimum atomic E-state index is -0.542. The maximum Gasteiger partial charge on any atom is 0.271 e. The van der Waals surface area contributed by atoms with Crippen molar-refractivity contribution >= 4 is 43.2 Å². The van der Waals surface area contributed by atoms with Crippen molar-refractivity contribution in [1.82, 2.24) is 0 Å². The van der Waals surface area contributed by atoms with Gasteiger partial charge in [-0.15, -0.1) is 0 Å². The number of nitrogens with zero attached hydrogens (tertiary/aromatic N) is 1. The Hall–Kier alpha value is -1.67. The third-order valence-electron chi connectivity index (χ3n) is 2.38. The normalized spacial score (nSPS) is 10.3. The predicted octanol–water partition coefficient (Wildman–Crippen LogP) is 4.63.